The van der Waals surface area contributed by atoms with E-state index in [0.717, 1.165) is 40.5 Å². The first-order valence-electron chi connectivity index (χ1n) is 14.5. The molecular weight excluding hydrogens is 551 g/mol. The van der Waals surface area contributed by atoms with Crippen molar-refractivity contribution in [2.45, 2.75) is 62.4 Å². The van der Waals surface area contributed by atoms with Crippen LogP contribution in [0.4, 0.5) is 5.69 Å². The molecule has 1 heterocycles. The molecule has 1 saturated carbocycles. The van der Waals surface area contributed by atoms with E-state index in [-0.39, 0.29) is 4.90 Å². The zero-order valence-corrected chi connectivity index (χ0v) is 25.0. The summed E-state index contributed by atoms with van der Waals surface area (Å²) >= 11 is 1.69. The molecule has 6 nitrogen and oxygen atoms in total. The second-order valence-electron chi connectivity index (χ2n) is 10.9. The monoisotopic (exact) mass is 589 g/mol. The van der Waals surface area contributed by atoms with E-state index in [1.54, 1.807) is 35.6 Å². The van der Waals surface area contributed by atoms with Gasteiger partial charge in [-0.3, -0.25) is 4.72 Å². The highest BCUT2D eigenvalue weighted by Crippen LogP contribution is 2.29. The number of aryl methyl sites for hydroxylation is 1. The number of hydrogen-bond acceptors (Lipinski definition) is 6. The standard InChI is InChI=1S/C33H39N3O3S2/c37-32(28-8-2-1-3-9-28)23-34-21-20-26-10-15-29(16-11-26)36-41(38,39)31-18-13-27(14-19-31)22-33-35-30(24-40-33)17-12-25-6-4-5-7-25/h1-3,8-11,13-16,18-19,24-25,32,34,36-37H,4-7,12,17,20-23H2/t32-/m0/s1. The molecule has 0 unspecified atom stereocenters. The van der Waals surface area contributed by atoms with Crippen LogP contribution in [-0.2, 0) is 29.3 Å². The fourth-order valence-electron chi connectivity index (χ4n) is 5.38. The van der Waals surface area contributed by atoms with Crippen LogP contribution in [0.25, 0.3) is 0 Å². The molecule has 8 heteroatoms. The van der Waals surface area contributed by atoms with Gasteiger partial charge in [0.2, 0.25) is 0 Å². The van der Waals surface area contributed by atoms with Crippen molar-refractivity contribution in [1.29, 1.82) is 0 Å². The van der Waals surface area contributed by atoms with Gasteiger partial charge in [0.25, 0.3) is 10.0 Å². The van der Waals surface area contributed by atoms with Crippen LogP contribution in [0.1, 0.15) is 65.6 Å². The predicted molar refractivity (Wildman–Crippen MR) is 167 cm³/mol. The number of aromatic nitrogens is 1. The Kier molecular flexibility index (Phi) is 10.2. The molecule has 216 valence electrons. The van der Waals surface area contributed by atoms with Crippen LogP contribution in [0.3, 0.4) is 0 Å². The summed E-state index contributed by atoms with van der Waals surface area (Å²) in [5, 5.41) is 16.8. The van der Waals surface area contributed by atoms with Crippen molar-refractivity contribution in [1.82, 2.24) is 10.3 Å². The number of nitrogens with one attached hydrogen (secondary N) is 2. The number of hydrogen-bond donors (Lipinski definition) is 3. The molecule has 0 amide bonds. The van der Waals surface area contributed by atoms with Gasteiger partial charge < -0.3 is 10.4 Å². The maximum atomic E-state index is 13.0. The quantitative estimate of drug-likeness (QED) is 0.146. The first-order chi connectivity index (χ1) is 19.9. The summed E-state index contributed by atoms with van der Waals surface area (Å²) in [6.07, 6.45) is 8.73. The van der Waals surface area contributed by atoms with Crippen LogP contribution in [-0.4, -0.2) is 31.6 Å². The Bertz CT molecular complexity index is 1460. The number of rotatable bonds is 14. The van der Waals surface area contributed by atoms with Crippen LogP contribution in [0.2, 0.25) is 0 Å². The third-order valence-corrected chi connectivity index (χ3v) is 10.1. The Morgan fingerprint density at radius 3 is 2.34 bits per heavy atom. The number of aliphatic hydroxyl groups is 1. The lowest BCUT2D eigenvalue weighted by molar-refractivity contribution is 0.175. The minimum atomic E-state index is -3.69. The van der Waals surface area contributed by atoms with Crippen LogP contribution in [0.15, 0.2) is 89.1 Å². The van der Waals surface area contributed by atoms with Gasteiger partial charge >= 0.3 is 0 Å². The smallest absolute Gasteiger partial charge is 0.261 e. The van der Waals surface area contributed by atoms with Crippen molar-refractivity contribution < 1.29 is 13.5 Å². The zero-order chi connectivity index (χ0) is 28.5. The van der Waals surface area contributed by atoms with Crippen molar-refractivity contribution in [2.75, 3.05) is 17.8 Å². The summed E-state index contributed by atoms with van der Waals surface area (Å²) in [5.41, 5.74) is 4.74. The van der Waals surface area contributed by atoms with Gasteiger partial charge in [-0.1, -0.05) is 80.3 Å². The Hall–Kier alpha value is -3.04. The molecule has 0 bridgehead atoms. The third-order valence-electron chi connectivity index (χ3n) is 7.79. The first-order valence-corrected chi connectivity index (χ1v) is 16.9. The van der Waals surface area contributed by atoms with Gasteiger partial charge in [0, 0.05) is 24.0 Å². The molecule has 1 aliphatic carbocycles. The van der Waals surface area contributed by atoms with Crippen LogP contribution in [0, 0.1) is 5.92 Å². The molecule has 3 aromatic carbocycles. The van der Waals surface area contributed by atoms with Crippen molar-refractivity contribution in [3.8, 4) is 0 Å². The third kappa shape index (κ3) is 8.72. The maximum Gasteiger partial charge on any atom is 0.261 e. The molecule has 0 aliphatic heterocycles. The van der Waals surface area contributed by atoms with E-state index < -0.39 is 16.1 Å². The molecule has 1 atom stereocenters. The van der Waals surface area contributed by atoms with E-state index in [1.165, 1.54) is 37.8 Å². The molecular formula is C33H39N3O3S2. The fourth-order valence-corrected chi connectivity index (χ4v) is 7.30. The summed E-state index contributed by atoms with van der Waals surface area (Å²) in [5.74, 6) is 0.870. The molecule has 0 radical (unpaired) electrons. The van der Waals surface area contributed by atoms with Gasteiger partial charge in [0.15, 0.2) is 0 Å². The Morgan fingerprint density at radius 2 is 1.61 bits per heavy atom. The normalized spacial score (nSPS) is 14.8. The maximum absolute atomic E-state index is 13.0. The van der Waals surface area contributed by atoms with E-state index >= 15 is 0 Å². The lowest BCUT2D eigenvalue weighted by Gasteiger charge is -2.12. The molecule has 1 aromatic heterocycles. The van der Waals surface area contributed by atoms with E-state index in [9.17, 15) is 13.5 Å². The second kappa shape index (κ2) is 14.2. The van der Waals surface area contributed by atoms with Crippen molar-refractivity contribution in [3.63, 3.8) is 0 Å². The number of sulfonamides is 1. The van der Waals surface area contributed by atoms with E-state index in [1.807, 2.05) is 54.6 Å². The number of benzene rings is 3. The Balaban J connectivity index is 1.07. The summed E-state index contributed by atoms with van der Waals surface area (Å²) in [6, 6.07) is 24.1. The average Bonchev–Trinajstić information content (AvgIpc) is 3.68. The van der Waals surface area contributed by atoms with Gasteiger partial charge in [-0.25, -0.2) is 13.4 Å². The highest BCUT2D eigenvalue weighted by atomic mass is 32.2. The summed E-state index contributed by atoms with van der Waals surface area (Å²) in [6.45, 7) is 1.19. The zero-order valence-electron chi connectivity index (χ0n) is 23.3. The highest BCUT2D eigenvalue weighted by molar-refractivity contribution is 7.92. The minimum Gasteiger partial charge on any atom is -0.387 e. The van der Waals surface area contributed by atoms with Gasteiger partial charge in [0.1, 0.15) is 0 Å². The number of anilines is 1. The molecule has 41 heavy (non-hydrogen) atoms. The Labute approximate surface area is 247 Å². The average molecular weight is 590 g/mol. The van der Waals surface area contributed by atoms with E-state index in [2.05, 4.69) is 15.4 Å². The Morgan fingerprint density at radius 1 is 0.902 bits per heavy atom. The van der Waals surface area contributed by atoms with Crippen LogP contribution in [0.5, 0.6) is 0 Å². The van der Waals surface area contributed by atoms with Gasteiger partial charge in [-0.2, -0.15) is 0 Å². The molecule has 5 rings (SSSR count). The minimum absolute atomic E-state index is 0.239. The van der Waals surface area contributed by atoms with Gasteiger partial charge in [-0.15, -0.1) is 11.3 Å². The second-order valence-corrected chi connectivity index (χ2v) is 13.6. The highest BCUT2D eigenvalue weighted by Gasteiger charge is 2.16. The molecule has 1 aliphatic rings. The van der Waals surface area contributed by atoms with Crippen molar-refractivity contribution >= 4 is 27.0 Å². The SMILES string of the molecule is O=S(=O)(Nc1ccc(CCNC[C@H](O)c2ccccc2)cc1)c1ccc(Cc2nc(CCC3CCCC3)cs2)cc1. The van der Waals surface area contributed by atoms with Gasteiger partial charge in [-0.05, 0) is 72.7 Å². The van der Waals surface area contributed by atoms with Gasteiger partial charge in [0.05, 0.1) is 21.7 Å². The predicted octanol–water partition coefficient (Wildman–Crippen LogP) is 6.52. The fraction of sp³-hybridized carbons (Fsp3) is 0.364. The molecule has 0 saturated heterocycles. The van der Waals surface area contributed by atoms with Crippen LogP contribution < -0.4 is 10.0 Å². The largest absolute Gasteiger partial charge is 0.387 e. The van der Waals surface area contributed by atoms with E-state index in [4.69, 9.17) is 4.98 Å². The molecule has 1 fully saturated rings. The molecule has 0 spiro atoms. The van der Waals surface area contributed by atoms with Crippen molar-refractivity contribution in [2.24, 2.45) is 5.92 Å². The lowest BCUT2D eigenvalue weighted by Crippen LogP contribution is -2.23. The number of aliphatic hydroxyl groups excluding tert-OH is 1. The lowest BCUT2D eigenvalue weighted by atomic mass is 10.0. The van der Waals surface area contributed by atoms with Crippen molar-refractivity contribution in [3.05, 3.63) is 112 Å². The number of nitrogens with zero attached hydrogens (tertiary/aromatic N) is 1. The topological polar surface area (TPSA) is 91.3 Å². The first kappa shape index (κ1) is 29.5. The van der Waals surface area contributed by atoms with E-state index in [0.29, 0.717) is 25.2 Å². The van der Waals surface area contributed by atoms with Crippen LogP contribution >= 0.6 is 11.3 Å². The molecule has 3 N–H and O–H groups in total. The number of thiazole rings is 1. The summed E-state index contributed by atoms with van der Waals surface area (Å²) < 4.78 is 28.6. The summed E-state index contributed by atoms with van der Waals surface area (Å²) in [7, 11) is -3.69. The summed E-state index contributed by atoms with van der Waals surface area (Å²) in [4.78, 5) is 5.06. The molecule has 4 aromatic rings.